The summed E-state index contributed by atoms with van der Waals surface area (Å²) in [6, 6.07) is 18.4. The number of nitrogens with zero attached hydrogens (tertiary/aromatic N) is 2. The Kier molecular flexibility index (Phi) is 9.02. The van der Waals surface area contributed by atoms with Crippen molar-refractivity contribution in [2.75, 3.05) is 47.5 Å². The summed E-state index contributed by atoms with van der Waals surface area (Å²) in [7, 11) is 4.79. The molecular weight excluding hydrogens is 483 g/mol. The fraction of sp³-hybridized carbons (Fsp3) is 0.387. The Morgan fingerprint density at radius 1 is 0.737 bits per heavy atom. The van der Waals surface area contributed by atoms with Crippen molar-refractivity contribution in [3.63, 3.8) is 0 Å². The highest BCUT2D eigenvalue weighted by molar-refractivity contribution is 5.46. The summed E-state index contributed by atoms with van der Waals surface area (Å²) < 4.78 is 30.2. The predicted molar refractivity (Wildman–Crippen MR) is 148 cm³/mol. The maximum absolute atomic E-state index is 13.8. The molecule has 1 unspecified atom stereocenters. The van der Waals surface area contributed by atoms with E-state index < -0.39 is 0 Å². The van der Waals surface area contributed by atoms with E-state index in [2.05, 4.69) is 23.6 Å². The van der Waals surface area contributed by atoms with Gasteiger partial charge < -0.3 is 14.2 Å². The highest BCUT2D eigenvalue weighted by Crippen LogP contribution is 2.36. The van der Waals surface area contributed by atoms with Crippen LogP contribution in [0, 0.1) is 5.82 Å². The van der Waals surface area contributed by atoms with Crippen molar-refractivity contribution in [1.29, 1.82) is 0 Å². The molecule has 3 aromatic rings. The summed E-state index contributed by atoms with van der Waals surface area (Å²) in [5, 5.41) is 0. The van der Waals surface area contributed by atoms with Crippen LogP contribution in [0.4, 0.5) is 4.39 Å². The van der Waals surface area contributed by atoms with E-state index in [1.165, 1.54) is 12.1 Å². The minimum absolute atomic E-state index is 0.0589. The van der Waals surface area contributed by atoms with Crippen LogP contribution in [0.3, 0.4) is 0 Å². The fourth-order valence-electron chi connectivity index (χ4n) is 5.03. The zero-order valence-corrected chi connectivity index (χ0v) is 22.9. The van der Waals surface area contributed by atoms with E-state index in [1.54, 1.807) is 21.3 Å². The summed E-state index contributed by atoms with van der Waals surface area (Å²) in [6.07, 6.45) is 0. The largest absolute Gasteiger partial charge is 0.493 e. The third kappa shape index (κ3) is 6.17. The van der Waals surface area contributed by atoms with Crippen molar-refractivity contribution in [3.8, 4) is 17.2 Å². The van der Waals surface area contributed by atoms with Crippen LogP contribution in [0.2, 0.25) is 0 Å². The molecule has 7 heteroatoms. The standard InChI is InChI=1S/C31H37FN2O4/c1-21(2)23-6-7-25(31(35)29(18-23)38-5)20-33-14-16-34(17-15-33)30(22-8-11-26(32)12-9-22)24-10-13-27(36-3)28(19-24)37-4/h6-13,18-19,21,30H,14-17,20H2,1-5H3. The van der Waals surface area contributed by atoms with Crippen molar-refractivity contribution in [3.05, 3.63) is 99.0 Å². The second-order valence-electron chi connectivity index (χ2n) is 9.94. The van der Waals surface area contributed by atoms with Crippen LogP contribution in [0.15, 0.2) is 65.5 Å². The highest BCUT2D eigenvalue weighted by atomic mass is 19.1. The van der Waals surface area contributed by atoms with Crippen molar-refractivity contribution in [2.45, 2.75) is 32.4 Å². The molecule has 1 saturated heterocycles. The molecule has 1 atom stereocenters. The number of rotatable bonds is 9. The smallest absolute Gasteiger partial charge is 0.224 e. The van der Waals surface area contributed by atoms with Gasteiger partial charge in [0.15, 0.2) is 17.2 Å². The molecule has 1 heterocycles. The van der Waals surface area contributed by atoms with Gasteiger partial charge in [0.05, 0.1) is 27.4 Å². The molecule has 202 valence electrons. The zero-order chi connectivity index (χ0) is 27.2. The molecule has 6 nitrogen and oxygen atoms in total. The number of halogens is 1. The number of ether oxygens (including phenoxy) is 3. The molecule has 4 rings (SSSR count). The summed E-state index contributed by atoms with van der Waals surface area (Å²) in [5.74, 6) is 1.75. The molecule has 0 spiro atoms. The van der Waals surface area contributed by atoms with Gasteiger partial charge in [0.2, 0.25) is 5.43 Å². The zero-order valence-electron chi connectivity index (χ0n) is 22.9. The second kappa shape index (κ2) is 12.4. The molecule has 0 aromatic heterocycles. The summed E-state index contributed by atoms with van der Waals surface area (Å²) in [4.78, 5) is 17.8. The van der Waals surface area contributed by atoms with Crippen molar-refractivity contribution < 1.29 is 18.6 Å². The number of piperazine rings is 1. The molecule has 1 fully saturated rings. The van der Waals surface area contributed by atoms with Crippen molar-refractivity contribution >= 4 is 0 Å². The quantitative estimate of drug-likeness (QED) is 0.385. The minimum atomic E-state index is -0.259. The predicted octanol–water partition coefficient (Wildman–Crippen LogP) is 5.24. The van der Waals surface area contributed by atoms with E-state index in [4.69, 9.17) is 14.2 Å². The van der Waals surface area contributed by atoms with E-state index in [1.807, 2.05) is 48.5 Å². The van der Waals surface area contributed by atoms with Crippen LogP contribution in [-0.2, 0) is 6.54 Å². The first-order valence-electron chi connectivity index (χ1n) is 13.0. The average molecular weight is 521 g/mol. The average Bonchev–Trinajstić information content (AvgIpc) is 3.09. The lowest BCUT2D eigenvalue weighted by Crippen LogP contribution is -2.47. The third-order valence-corrected chi connectivity index (χ3v) is 7.25. The van der Waals surface area contributed by atoms with E-state index in [0.29, 0.717) is 29.7 Å². The number of methoxy groups -OCH3 is 3. The normalized spacial score (nSPS) is 15.3. The Labute approximate surface area is 224 Å². The van der Waals surface area contributed by atoms with Crippen LogP contribution in [-0.4, -0.2) is 57.3 Å². The van der Waals surface area contributed by atoms with E-state index in [9.17, 15) is 9.18 Å². The van der Waals surface area contributed by atoms with Gasteiger partial charge in [0.25, 0.3) is 0 Å². The lowest BCUT2D eigenvalue weighted by molar-refractivity contribution is 0.104. The molecule has 0 bridgehead atoms. The Morgan fingerprint density at radius 2 is 1.32 bits per heavy atom. The van der Waals surface area contributed by atoms with Gasteiger partial charge in [0.1, 0.15) is 5.82 Å². The molecule has 3 aromatic carbocycles. The van der Waals surface area contributed by atoms with Gasteiger partial charge in [-0.2, -0.15) is 0 Å². The maximum atomic E-state index is 13.8. The molecule has 1 aliphatic heterocycles. The van der Waals surface area contributed by atoms with E-state index in [0.717, 1.165) is 48.4 Å². The Bertz CT molecular complexity index is 1290. The monoisotopic (exact) mass is 520 g/mol. The van der Waals surface area contributed by atoms with Crippen LogP contribution in [0.25, 0.3) is 0 Å². The van der Waals surface area contributed by atoms with Crippen LogP contribution < -0.4 is 19.6 Å². The Hall–Kier alpha value is -3.42. The van der Waals surface area contributed by atoms with Gasteiger partial charge >= 0.3 is 0 Å². The highest BCUT2D eigenvalue weighted by Gasteiger charge is 2.28. The topological polar surface area (TPSA) is 51.2 Å². The lowest BCUT2D eigenvalue weighted by atomic mass is 9.95. The fourth-order valence-corrected chi connectivity index (χ4v) is 5.03. The summed E-state index contributed by atoms with van der Waals surface area (Å²) in [6.45, 7) is 7.94. The van der Waals surface area contributed by atoms with Crippen molar-refractivity contribution in [1.82, 2.24) is 9.80 Å². The van der Waals surface area contributed by atoms with E-state index in [-0.39, 0.29) is 17.3 Å². The Morgan fingerprint density at radius 3 is 1.92 bits per heavy atom. The maximum Gasteiger partial charge on any atom is 0.224 e. The van der Waals surface area contributed by atoms with E-state index >= 15 is 0 Å². The molecule has 1 aliphatic rings. The number of benzene rings is 2. The lowest BCUT2D eigenvalue weighted by Gasteiger charge is -2.39. The van der Waals surface area contributed by atoms with Gasteiger partial charge in [-0.25, -0.2) is 4.39 Å². The molecule has 38 heavy (non-hydrogen) atoms. The van der Waals surface area contributed by atoms with Crippen LogP contribution in [0.1, 0.15) is 48.1 Å². The summed E-state index contributed by atoms with van der Waals surface area (Å²) in [5.41, 5.74) is 3.81. The minimum Gasteiger partial charge on any atom is -0.493 e. The molecule has 0 aliphatic carbocycles. The number of hydrogen-bond acceptors (Lipinski definition) is 6. The van der Waals surface area contributed by atoms with Gasteiger partial charge in [-0.15, -0.1) is 0 Å². The first-order chi connectivity index (χ1) is 18.3. The van der Waals surface area contributed by atoms with Gasteiger partial charge in [-0.3, -0.25) is 14.6 Å². The molecule has 0 radical (unpaired) electrons. The molecule has 0 amide bonds. The Balaban J connectivity index is 1.57. The third-order valence-electron chi connectivity index (χ3n) is 7.25. The molecule has 0 saturated carbocycles. The SMILES string of the molecule is COc1ccc(C(c2ccc(F)cc2)N2CCN(Cc3ccc(C(C)C)cc(OC)c3=O)CC2)cc1OC. The molecule has 0 N–H and O–H groups in total. The summed E-state index contributed by atoms with van der Waals surface area (Å²) >= 11 is 0. The molecular formula is C31H37FN2O4. The van der Waals surface area contributed by atoms with Crippen LogP contribution in [0.5, 0.6) is 17.2 Å². The van der Waals surface area contributed by atoms with Gasteiger partial charge in [0, 0.05) is 38.3 Å². The van der Waals surface area contributed by atoms with Crippen LogP contribution >= 0.6 is 0 Å². The first kappa shape index (κ1) is 27.6. The van der Waals surface area contributed by atoms with Gasteiger partial charge in [-0.05, 0) is 52.9 Å². The van der Waals surface area contributed by atoms with Crippen molar-refractivity contribution in [2.24, 2.45) is 0 Å². The number of hydrogen-bond donors (Lipinski definition) is 0. The van der Waals surface area contributed by atoms with Gasteiger partial charge in [-0.1, -0.05) is 44.2 Å². The second-order valence-corrected chi connectivity index (χ2v) is 9.94. The first-order valence-corrected chi connectivity index (χ1v) is 13.0.